The zero-order valence-electron chi connectivity index (χ0n) is 10.7. The number of rotatable bonds is 3. The average molecular weight is 237 g/mol. The Morgan fingerprint density at radius 3 is 2.76 bits per heavy atom. The highest BCUT2D eigenvalue weighted by molar-refractivity contribution is 5.67. The summed E-state index contributed by atoms with van der Waals surface area (Å²) in [6.07, 6.45) is 1.28. The van der Waals surface area contributed by atoms with Gasteiger partial charge in [-0.1, -0.05) is 0 Å². The fourth-order valence-corrected chi connectivity index (χ4v) is 1.21. The fraction of sp³-hybridized carbons (Fsp3) is 0.500. The molecule has 0 saturated carbocycles. The molecule has 5 nitrogen and oxygen atoms in total. The van der Waals surface area contributed by atoms with Crippen LogP contribution in [0, 0.1) is 0 Å². The van der Waals surface area contributed by atoms with E-state index in [0.29, 0.717) is 6.54 Å². The van der Waals surface area contributed by atoms with Crippen molar-refractivity contribution in [3.8, 4) is 0 Å². The van der Waals surface area contributed by atoms with E-state index in [1.54, 1.807) is 13.2 Å². The first-order valence-corrected chi connectivity index (χ1v) is 5.50. The van der Waals surface area contributed by atoms with Gasteiger partial charge in [-0.2, -0.15) is 0 Å². The van der Waals surface area contributed by atoms with E-state index in [0.717, 1.165) is 11.4 Å². The maximum absolute atomic E-state index is 11.4. The highest BCUT2D eigenvalue weighted by Crippen LogP contribution is 2.08. The van der Waals surface area contributed by atoms with Crippen molar-refractivity contribution < 1.29 is 9.53 Å². The van der Waals surface area contributed by atoms with Gasteiger partial charge in [-0.05, 0) is 38.5 Å². The molecule has 1 heterocycles. The standard InChI is InChI=1S/C12H19N3O2/c1-12(2,3)17-11(16)15-8-9-5-6-14-10(7-9)13-4/h5-7H,8H2,1-4H3,(H,13,14)(H,15,16). The van der Waals surface area contributed by atoms with Gasteiger partial charge in [0, 0.05) is 19.8 Å². The Labute approximate surface area is 102 Å². The molecular weight excluding hydrogens is 218 g/mol. The van der Waals surface area contributed by atoms with Gasteiger partial charge in [-0.3, -0.25) is 0 Å². The van der Waals surface area contributed by atoms with Gasteiger partial charge in [-0.15, -0.1) is 0 Å². The Balaban J connectivity index is 2.47. The summed E-state index contributed by atoms with van der Waals surface area (Å²) < 4.78 is 5.13. The van der Waals surface area contributed by atoms with Crippen LogP contribution in [-0.2, 0) is 11.3 Å². The Bertz CT molecular complexity index is 386. The predicted molar refractivity (Wildman–Crippen MR) is 66.9 cm³/mol. The maximum Gasteiger partial charge on any atom is 0.407 e. The minimum Gasteiger partial charge on any atom is -0.444 e. The third-order valence-electron chi connectivity index (χ3n) is 1.92. The van der Waals surface area contributed by atoms with Crippen LogP contribution in [0.5, 0.6) is 0 Å². The van der Waals surface area contributed by atoms with Gasteiger partial charge in [0.05, 0.1) is 0 Å². The molecular formula is C12H19N3O2. The second-order valence-electron chi connectivity index (χ2n) is 4.65. The summed E-state index contributed by atoms with van der Waals surface area (Å²) in [7, 11) is 1.80. The summed E-state index contributed by atoms with van der Waals surface area (Å²) in [4.78, 5) is 15.5. The number of hydrogen-bond donors (Lipinski definition) is 2. The van der Waals surface area contributed by atoms with Gasteiger partial charge < -0.3 is 15.4 Å². The summed E-state index contributed by atoms with van der Waals surface area (Å²) in [6.45, 7) is 5.92. The number of pyridine rings is 1. The van der Waals surface area contributed by atoms with E-state index in [4.69, 9.17) is 4.74 Å². The number of carbonyl (C=O) groups is 1. The monoisotopic (exact) mass is 237 g/mol. The van der Waals surface area contributed by atoms with Crippen molar-refractivity contribution >= 4 is 11.9 Å². The number of amides is 1. The molecule has 1 amide bonds. The second kappa shape index (κ2) is 5.52. The van der Waals surface area contributed by atoms with Gasteiger partial charge in [0.2, 0.25) is 0 Å². The van der Waals surface area contributed by atoms with Crippen molar-refractivity contribution in [2.24, 2.45) is 0 Å². The Morgan fingerprint density at radius 1 is 1.47 bits per heavy atom. The molecule has 0 bridgehead atoms. The van der Waals surface area contributed by atoms with Crippen molar-refractivity contribution in [1.82, 2.24) is 10.3 Å². The lowest BCUT2D eigenvalue weighted by Crippen LogP contribution is -2.32. The summed E-state index contributed by atoms with van der Waals surface area (Å²) in [6, 6.07) is 3.72. The molecule has 5 heteroatoms. The van der Waals surface area contributed by atoms with Crippen LogP contribution in [0.4, 0.5) is 10.6 Å². The van der Waals surface area contributed by atoms with Gasteiger partial charge >= 0.3 is 6.09 Å². The molecule has 0 fully saturated rings. The second-order valence-corrected chi connectivity index (χ2v) is 4.65. The van der Waals surface area contributed by atoms with Crippen molar-refractivity contribution in [3.05, 3.63) is 23.9 Å². The number of aromatic nitrogens is 1. The summed E-state index contributed by atoms with van der Waals surface area (Å²) >= 11 is 0. The van der Waals surface area contributed by atoms with Crippen LogP contribution in [-0.4, -0.2) is 23.7 Å². The van der Waals surface area contributed by atoms with Crippen LogP contribution in [0.25, 0.3) is 0 Å². The minimum atomic E-state index is -0.474. The molecule has 1 aromatic rings. The molecule has 0 radical (unpaired) electrons. The molecule has 0 atom stereocenters. The van der Waals surface area contributed by atoms with Gasteiger partial charge in [0.15, 0.2) is 0 Å². The number of hydrogen-bond acceptors (Lipinski definition) is 4. The number of alkyl carbamates (subject to hydrolysis) is 1. The number of nitrogens with zero attached hydrogens (tertiary/aromatic N) is 1. The fourth-order valence-electron chi connectivity index (χ4n) is 1.21. The van der Waals surface area contributed by atoms with E-state index < -0.39 is 11.7 Å². The van der Waals surface area contributed by atoms with Crippen LogP contribution in [0.3, 0.4) is 0 Å². The van der Waals surface area contributed by atoms with E-state index in [1.165, 1.54) is 0 Å². The third-order valence-corrected chi connectivity index (χ3v) is 1.92. The minimum absolute atomic E-state index is 0.416. The summed E-state index contributed by atoms with van der Waals surface area (Å²) in [5, 5.41) is 5.63. The summed E-state index contributed by atoms with van der Waals surface area (Å²) in [5.41, 5.74) is 0.494. The van der Waals surface area contributed by atoms with E-state index in [9.17, 15) is 4.79 Å². The first-order chi connectivity index (χ1) is 7.90. The van der Waals surface area contributed by atoms with Crippen molar-refractivity contribution in [2.75, 3.05) is 12.4 Å². The molecule has 2 N–H and O–H groups in total. The zero-order valence-corrected chi connectivity index (χ0v) is 10.7. The first kappa shape index (κ1) is 13.3. The molecule has 0 spiro atoms. The van der Waals surface area contributed by atoms with Crippen molar-refractivity contribution in [2.45, 2.75) is 32.9 Å². The summed E-state index contributed by atoms with van der Waals surface area (Å²) in [5.74, 6) is 0.772. The van der Waals surface area contributed by atoms with E-state index in [-0.39, 0.29) is 0 Å². The highest BCUT2D eigenvalue weighted by Gasteiger charge is 2.15. The molecule has 0 aliphatic heterocycles. The van der Waals surface area contributed by atoms with Crippen molar-refractivity contribution in [3.63, 3.8) is 0 Å². The largest absolute Gasteiger partial charge is 0.444 e. The van der Waals surface area contributed by atoms with Crippen LogP contribution in [0.2, 0.25) is 0 Å². The molecule has 0 saturated heterocycles. The van der Waals surface area contributed by atoms with Gasteiger partial charge in [0.25, 0.3) is 0 Å². The maximum atomic E-state index is 11.4. The molecule has 17 heavy (non-hydrogen) atoms. The number of anilines is 1. The van der Waals surface area contributed by atoms with Gasteiger partial charge in [0.1, 0.15) is 11.4 Å². The Kier molecular flexibility index (Phi) is 4.31. The van der Waals surface area contributed by atoms with Crippen LogP contribution in [0.1, 0.15) is 26.3 Å². The molecule has 1 aromatic heterocycles. The lowest BCUT2D eigenvalue weighted by Gasteiger charge is -2.19. The lowest BCUT2D eigenvalue weighted by atomic mass is 10.2. The van der Waals surface area contributed by atoms with Gasteiger partial charge in [-0.25, -0.2) is 9.78 Å². The van der Waals surface area contributed by atoms with E-state index in [1.807, 2.05) is 32.9 Å². The number of ether oxygens (including phenoxy) is 1. The zero-order chi connectivity index (χ0) is 12.9. The quantitative estimate of drug-likeness (QED) is 0.845. The van der Waals surface area contributed by atoms with E-state index in [2.05, 4.69) is 15.6 Å². The molecule has 0 aliphatic rings. The third kappa shape index (κ3) is 5.19. The smallest absolute Gasteiger partial charge is 0.407 e. The van der Waals surface area contributed by atoms with Crippen LogP contribution < -0.4 is 10.6 Å². The van der Waals surface area contributed by atoms with Crippen molar-refractivity contribution in [1.29, 1.82) is 0 Å². The topological polar surface area (TPSA) is 63.2 Å². The Hall–Kier alpha value is -1.78. The molecule has 0 unspecified atom stereocenters. The normalized spacial score (nSPS) is 10.8. The molecule has 94 valence electrons. The highest BCUT2D eigenvalue weighted by atomic mass is 16.6. The van der Waals surface area contributed by atoms with E-state index >= 15 is 0 Å². The number of nitrogens with one attached hydrogen (secondary N) is 2. The lowest BCUT2D eigenvalue weighted by molar-refractivity contribution is 0.0523. The average Bonchev–Trinajstić information content (AvgIpc) is 2.24. The molecule has 0 aromatic carbocycles. The van der Waals surface area contributed by atoms with Crippen LogP contribution >= 0.6 is 0 Å². The molecule has 0 aliphatic carbocycles. The Morgan fingerprint density at radius 2 is 2.18 bits per heavy atom. The predicted octanol–water partition coefficient (Wildman–Crippen LogP) is 2.15. The molecule has 1 rings (SSSR count). The SMILES string of the molecule is CNc1cc(CNC(=O)OC(C)(C)C)ccn1. The van der Waals surface area contributed by atoms with Crippen LogP contribution in [0.15, 0.2) is 18.3 Å². The number of carbonyl (C=O) groups excluding carboxylic acids is 1. The first-order valence-electron chi connectivity index (χ1n) is 5.50.